The second kappa shape index (κ2) is 5.76. The Balaban J connectivity index is 2.29. The van der Waals surface area contributed by atoms with Crippen LogP contribution in [-0.2, 0) is 17.1 Å². The molecule has 0 saturated heterocycles. The highest BCUT2D eigenvalue weighted by molar-refractivity contribution is 7.92. The van der Waals surface area contributed by atoms with Crippen LogP contribution in [0.25, 0.3) is 21.9 Å². The van der Waals surface area contributed by atoms with E-state index in [4.69, 9.17) is 0 Å². The first kappa shape index (κ1) is 16.2. The van der Waals surface area contributed by atoms with E-state index < -0.39 is 15.8 Å². The van der Waals surface area contributed by atoms with Gasteiger partial charge in [-0.3, -0.25) is 9.52 Å². The molecule has 0 atom stereocenters. The summed E-state index contributed by atoms with van der Waals surface area (Å²) in [6, 6.07) is 11.0. The number of hydrogen-bond donors (Lipinski definition) is 1. The van der Waals surface area contributed by atoms with Crippen LogP contribution in [0.5, 0.6) is 0 Å². The van der Waals surface area contributed by atoms with E-state index in [0.29, 0.717) is 21.9 Å². The van der Waals surface area contributed by atoms with Gasteiger partial charge < -0.3 is 4.57 Å². The fourth-order valence-corrected chi connectivity index (χ4v) is 3.21. The molecule has 0 fully saturated rings. The summed E-state index contributed by atoms with van der Waals surface area (Å²) in [6.07, 6.45) is 2.61. The molecular weight excluding hydrogens is 331 g/mol. The molecule has 0 amide bonds. The van der Waals surface area contributed by atoms with Crippen LogP contribution in [0.4, 0.5) is 10.1 Å². The number of halogens is 1. The van der Waals surface area contributed by atoms with Crippen LogP contribution in [0, 0.1) is 5.82 Å². The van der Waals surface area contributed by atoms with Crippen molar-refractivity contribution >= 4 is 26.5 Å². The predicted molar refractivity (Wildman–Crippen MR) is 93.0 cm³/mol. The van der Waals surface area contributed by atoms with Gasteiger partial charge in [-0.2, -0.15) is 0 Å². The first-order valence-corrected chi connectivity index (χ1v) is 9.01. The summed E-state index contributed by atoms with van der Waals surface area (Å²) in [6.45, 7) is 0. The largest absolute Gasteiger partial charge is 0.317 e. The van der Waals surface area contributed by atoms with Crippen LogP contribution in [0.1, 0.15) is 0 Å². The van der Waals surface area contributed by atoms with Crippen LogP contribution in [0.15, 0.2) is 53.5 Å². The van der Waals surface area contributed by atoms with Gasteiger partial charge in [0.2, 0.25) is 10.0 Å². The molecule has 0 aliphatic carbocycles. The number of aromatic nitrogens is 1. The molecule has 5 nitrogen and oxygen atoms in total. The van der Waals surface area contributed by atoms with Crippen molar-refractivity contribution in [2.24, 2.45) is 7.05 Å². The zero-order valence-corrected chi connectivity index (χ0v) is 13.9. The Hall–Kier alpha value is -2.67. The zero-order chi connectivity index (χ0) is 17.5. The van der Waals surface area contributed by atoms with E-state index in [1.807, 2.05) is 0 Å². The standard InChI is InChI=1S/C17H15FN2O3S/c1-20-10-16(14-5-3-4-6-15(14)17(20)21)11-7-12(18)9-13(8-11)19-24(2,22)23/h3-10,19H,1-2H3. The van der Waals surface area contributed by atoms with E-state index in [2.05, 4.69) is 4.72 Å². The summed E-state index contributed by atoms with van der Waals surface area (Å²) >= 11 is 0. The fraction of sp³-hybridized carbons (Fsp3) is 0.118. The van der Waals surface area contributed by atoms with Crippen LogP contribution in [0.3, 0.4) is 0 Å². The van der Waals surface area contributed by atoms with Gasteiger partial charge in [0.05, 0.1) is 11.9 Å². The molecule has 0 aliphatic rings. The van der Waals surface area contributed by atoms with Crippen molar-refractivity contribution in [1.82, 2.24) is 4.57 Å². The summed E-state index contributed by atoms with van der Waals surface area (Å²) in [5.41, 5.74) is 1.10. The van der Waals surface area contributed by atoms with Crippen molar-refractivity contribution in [3.05, 3.63) is 64.8 Å². The number of nitrogens with zero attached hydrogens (tertiary/aromatic N) is 1. The maximum atomic E-state index is 14.0. The predicted octanol–water partition coefficient (Wildman–Crippen LogP) is 2.72. The summed E-state index contributed by atoms with van der Waals surface area (Å²) in [5, 5.41) is 1.19. The van der Waals surface area contributed by atoms with Crippen LogP contribution >= 0.6 is 0 Å². The van der Waals surface area contributed by atoms with E-state index in [0.717, 1.165) is 12.3 Å². The number of anilines is 1. The van der Waals surface area contributed by atoms with Crippen molar-refractivity contribution < 1.29 is 12.8 Å². The topological polar surface area (TPSA) is 68.2 Å². The lowest BCUT2D eigenvalue weighted by molar-refractivity contribution is 0.606. The third-order valence-corrected chi connectivity index (χ3v) is 4.21. The van der Waals surface area contributed by atoms with Gasteiger partial charge in [-0.05, 0) is 35.2 Å². The van der Waals surface area contributed by atoms with Gasteiger partial charge in [0, 0.05) is 24.2 Å². The molecule has 0 aliphatic heterocycles. The number of nitrogens with one attached hydrogen (secondary N) is 1. The van der Waals surface area contributed by atoms with Gasteiger partial charge in [-0.1, -0.05) is 18.2 Å². The van der Waals surface area contributed by atoms with Gasteiger partial charge in [0.1, 0.15) is 5.82 Å². The lowest BCUT2D eigenvalue weighted by Crippen LogP contribution is -2.16. The monoisotopic (exact) mass is 346 g/mol. The van der Waals surface area contributed by atoms with Gasteiger partial charge in [0.25, 0.3) is 5.56 Å². The molecule has 7 heteroatoms. The van der Waals surface area contributed by atoms with Gasteiger partial charge in [0.15, 0.2) is 0 Å². The molecule has 0 unspecified atom stereocenters. The third kappa shape index (κ3) is 3.16. The van der Waals surface area contributed by atoms with Gasteiger partial charge in [-0.15, -0.1) is 0 Å². The summed E-state index contributed by atoms with van der Waals surface area (Å²) in [7, 11) is -1.90. The van der Waals surface area contributed by atoms with E-state index >= 15 is 0 Å². The first-order chi connectivity index (χ1) is 11.2. The van der Waals surface area contributed by atoms with Gasteiger partial charge >= 0.3 is 0 Å². The lowest BCUT2D eigenvalue weighted by Gasteiger charge is -2.12. The highest BCUT2D eigenvalue weighted by Crippen LogP contribution is 2.29. The molecule has 3 rings (SSSR count). The van der Waals surface area contributed by atoms with E-state index in [1.54, 1.807) is 37.5 Å². The smallest absolute Gasteiger partial charge is 0.258 e. The minimum atomic E-state index is -3.52. The minimum absolute atomic E-state index is 0.130. The Bertz CT molecular complexity index is 1100. The molecule has 0 bridgehead atoms. The van der Waals surface area contributed by atoms with Crippen LogP contribution < -0.4 is 10.3 Å². The lowest BCUT2D eigenvalue weighted by atomic mass is 10.00. The van der Waals surface area contributed by atoms with Crippen molar-refractivity contribution in [3.63, 3.8) is 0 Å². The average Bonchev–Trinajstić information content (AvgIpc) is 2.48. The number of rotatable bonds is 3. The number of sulfonamides is 1. The first-order valence-electron chi connectivity index (χ1n) is 7.12. The van der Waals surface area contributed by atoms with E-state index in [-0.39, 0.29) is 11.2 Å². The minimum Gasteiger partial charge on any atom is -0.317 e. The SMILES string of the molecule is Cn1cc(-c2cc(F)cc(NS(C)(=O)=O)c2)c2ccccc2c1=O. The molecule has 24 heavy (non-hydrogen) atoms. The number of hydrogen-bond acceptors (Lipinski definition) is 3. The number of aryl methyl sites for hydroxylation is 1. The second-order valence-corrected chi connectivity index (χ2v) is 7.36. The number of benzene rings is 2. The van der Waals surface area contributed by atoms with Crippen molar-refractivity contribution in [2.45, 2.75) is 0 Å². The third-order valence-electron chi connectivity index (χ3n) is 3.60. The Morgan fingerprint density at radius 1 is 1.08 bits per heavy atom. The Morgan fingerprint density at radius 2 is 1.75 bits per heavy atom. The number of pyridine rings is 1. The highest BCUT2D eigenvalue weighted by Gasteiger charge is 2.12. The highest BCUT2D eigenvalue weighted by atomic mass is 32.2. The average molecular weight is 346 g/mol. The second-order valence-electron chi connectivity index (χ2n) is 5.61. The Labute approximate surface area is 138 Å². The molecular formula is C17H15FN2O3S. The van der Waals surface area contributed by atoms with Crippen molar-refractivity contribution in [3.8, 4) is 11.1 Å². The summed E-state index contributed by atoms with van der Waals surface area (Å²) in [5.74, 6) is -0.573. The maximum Gasteiger partial charge on any atom is 0.258 e. The molecule has 3 aromatic rings. The fourth-order valence-electron chi connectivity index (χ4n) is 2.66. The molecule has 124 valence electrons. The molecule has 1 heterocycles. The van der Waals surface area contributed by atoms with Crippen LogP contribution in [-0.4, -0.2) is 19.2 Å². The van der Waals surface area contributed by atoms with Crippen LogP contribution in [0.2, 0.25) is 0 Å². The quantitative estimate of drug-likeness (QED) is 0.793. The molecule has 1 N–H and O–H groups in total. The van der Waals surface area contributed by atoms with E-state index in [9.17, 15) is 17.6 Å². The number of fused-ring (bicyclic) bond motifs is 1. The zero-order valence-electron chi connectivity index (χ0n) is 13.1. The summed E-state index contributed by atoms with van der Waals surface area (Å²) in [4.78, 5) is 12.2. The molecule has 2 aromatic carbocycles. The van der Waals surface area contributed by atoms with Crippen molar-refractivity contribution in [2.75, 3.05) is 11.0 Å². The maximum absolute atomic E-state index is 14.0. The van der Waals surface area contributed by atoms with E-state index in [1.165, 1.54) is 16.7 Å². The Morgan fingerprint density at radius 3 is 2.42 bits per heavy atom. The molecule has 0 radical (unpaired) electrons. The summed E-state index contributed by atoms with van der Waals surface area (Å²) < 4.78 is 40.4. The normalized spacial score (nSPS) is 11.6. The Kier molecular flexibility index (Phi) is 3.88. The van der Waals surface area contributed by atoms with Crippen molar-refractivity contribution in [1.29, 1.82) is 0 Å². The molecule has 0 saturated carbocycles. The van der Waals surface area contributed by atoms with Gasteiger partial charge in [-0.25, -0.2) is 12.8 Å². The molecule has 1 aromatic heterocycles. The molecule has 0 spiro atoms.